The number of hydrogen-bond acceptors (Lipinski definition) is 4. The quantitative estimate of drug-likeness (QED) is 0.758. The fourth-order valence-corrected chi connectivity index (χ4v) is 3.54. The number of fused-ring (bicyclic) bond motifs is 1. The minimum absolute atomic E-state index is 0.0636. The van der Waals surface area contributed by atoms with E-state index in [1.54, 1.807) is 31.2 Å². The molecule has 0 saturated heterocycles. The van der Waals surface area contributed by atoms with Crippen LogP contribution < -0.4 is 10.2 Å². The highest BCUT2D eigenvalue weighted by Crippen LogP contribution is 2.31. The van der Waals surface area contributed by atoms with Gasteiger partial charge in [-0.25, -0.2) is 0 Å². The van der Waals surface area contributed by atoms with Crippen LogP contribution in [0, 0.1) is 5.92 Å². The van der Waals surface area contributed by atoms with Crippen molar-refractivity contribution in [3.8, 4) is 0 Å². The van der Waals surface area contributed by atoms with Gasteiger partial charge in [0.05, 0.1) is 17.3 Å². The van der Waals surface area contributed by atoms with E-state index in [4.69, 9.17) is 4.74 Å². The third kappa shape index (κ3) is 4.47. The van der Waals surface area contributed by atoms with E-state index in [0.29, 0.717) is 11.4 Å². The molecule has 2 aromatic carbocycles. The normalized spacial score (nSPS) is 16.2. The van der Waals surface area contributed by atoms with Gasteiger partial charge in [-0.3, -0.25) is 19.3 Å². The van der Waals surface area contributed by atoms with Crippen molar-refractivity contribution in [1.82, 2.24) is 0 Å². The Bertz CT molecular complexity index is 897. The lowest BCUT2D eigenvalue weighted by molar-refractivity contribution is -0.156. The molecule has 0 unspecified atom stereocenters. The Labute approximate surface area is 170 Å². The van der Waals surface area contributed by atoms with E-state index in [9.17, 15) is 14.4 Å². The minimum atomic E-state index is -1.00. The molecule has 0 fully saturated rings. The zero-order valence-corrected chi connectivity index (χ0v) is 16.9. The molecule has 152 valence electrons. The lowest BCUT2D eigenvalue weighted by Gasteiger charge is -2.31. The van der Waals surface area contributed by atoms with Crippen molar-refractivity contribution in [2.75, 3.05) is 16.8 Å². The number of rotatable bonds is 6. The Kier molecular flexibility index (Phi) is 6.32. The molecule has 1 aliphatic heterocycles. The molecular formula is C23H26N2O4. The van der Waals surface area contributed by atoms with Crippen LogP contribution in [0.4, 0.5) is 11.4 Å². The summed E-state index contributed by atoms with van der Waals surface area (Å²) in [6.45, 7) is 5.46. The van der Waals surface area contributed by atoms with Crippen molar-refractivity contribution in [1.29, 1.82) is 0 Å². The molecule has 1 aliphatic rings. The van der Waals surface area contributed by atoms with Gasteiger partial charge >= 0.3 is 5.97 Å². The number of esters is 1. The molecule has 0 bridgehead atoms. The van der Waals surface area contributed by atoms with Crippen molar-refractivity contribution < 1.29 is 19.1 Å². The molecule has 1 heterocycles. The topological polar surface area (TPSA) is 75.7 Å². The van der Waals surface area contributed by atoms with Gasteiger partial charge in [-0.05, 0) is 30.5 Å². The first-order valence-corrected chi connectivity index (χ1v) is 9.88. The molecule has 0 spiro atoms. The van der Waals surface area contributed by atoms with E-state index in [1.807, 2.05) is 44.2 Å². The summed E-state index contributed by atoms with van der Waals surface area (Å²) in [7, 11) is 0. The highest BCUT2D eigenvalue weighted by molar-refractivity contribution is 6.11. The van der Waals surface area contributed by atoms with Crippen LogP contribution in [-0.2, 0) is 19.1 Å². The molecule has 29 heavy (non-hydrogen) atoms. The molecule has 6 nitrogen and oxygen atoms in total. The van der Waals surface area contributed by atoms with Crippen molar-refractivity contribution in [3.63, 3.8) is 0 Å². The average Bonchev–Trinajstić information content (AvgIpc) is 2.73. The van der Waals surface area contributed by atoms with Crippen molar-refractivity contribution in [2.45, 2.75) is 39.2 Å². The summed E-state index contributed by atoms with van der Waals surface area (Å²) >= 11 is 0. The number of carbonyl (C=O) groups excluding carboxylic acids is 3. The summed E-state index contributed by atoms with van der Waals surface area (Å²) in [6.07, 6.45) is -0.201. The van der Waals surface area contributed by atoms with Crippen LogP contribution in [0.2, 0.25) is 0 Å². The molecule has 0 aromatic heterocycles. The first-order chi connectivity index (χ1) is 13.9. The SMILES string of the molecule is CC[C@H](C)[C@H](C(=O)O[C@@H](C)C(=O)N1CC(=O)Nc2ccccc21)c1ccccc1. The van der Waals surface area contributed by atoms with Crippen molar-refractivity contribution >= 4 is 29.2 Å². The van der Waals surface area contributed by atoms with Crippen LogP contribution in [0.3, 0.4) is 0 Å². The van der Waals surface area contributed by atoms with E-state index in [-0.39, 0.29) is 18.4 Å². The Morgan fingerprint density at radius 3 is 2.41 bits per heavy atom. The summed E-state index contributed by atoms with van der Waals surface area (Å²) in [4.78, 5) is 39.4. The average molecular weight is 394 g/mol. The molecule has 2 amide bonds. The fourth-order valence-electron chi connectivity index (χ4n) is 3.54. The Morgan fingerprint density at radius 1 is 1.07 bits per heavy atom. The molecule has 3 atom stereocenters. The van der Waals surface area contributed by atoms with E-state index in [0.717, 1.165) is 12.0 Å². The van der Waals surface area contributed by atoms with Gasteiger partial charge in [0.15, 0.2) is 6.10 Å². The number of anilines is 2. The number of ether oxygens (including phenoxy) is 1. The van der Waals surface area contributed by atoms with Crippen LogP contribution in [0.15, 0.2) is 54.6 Å². The van der Waals surface area contributed by atoms with Crippen molar-refractivity contribution in [2.24, 2.45) is 5.92 Å². The number of amides is 2. The van der Waals surface area contributed by atoms with Crippen LogP contribution in [0.25, 0.3) is 0 Å². The third-order valence-corrected chi connectivity index (χ3v) is 5.30. The van der Waals surface area contributed by atoms with Gasteiger partial charge in [0, 0.05) is 0 Å². The Morgan fingerprint density at radius 2 is 1.72 bits per heavy atom. The molecule has 0 radical (unpaired) electrons. The molecule has 6 heteroatoms. The van der Waals surface area contributed by atoms with Crippen LogP contribution in [0.1, 0.15) is 38.7 Å². The van der Waals surface area contributed by atoms with E-state index < -0.39 is 23.9 Å². The summed E-state index contributed by atoms with van der Waals surface area (Å²) in [6, 6.07) is 16.5. The van der Waals surface area contributed by atoms with Crippen molar-refractivity contribution in [3.05, 3.63) is 60.2 Å². The van der Waals surface area contributed by atoms with Gasteiger partial charge in [0.1, 0.15) is 6.54 Å². The summed E-state index contributed by atoms with van der Waals surface area (Å²) in [5.74, 6) is -1.52. The lowest BCUT2D eigenvalue weighted by atomic mass is 9.85. The number of hydrogen-bond donors (Lipinski definition) is 1. The number of carbonyl (C=O) groups is 3. The first kappa shape index (κ1) is 20.6. The largest absolute Gasteiger partial charge is 0.452 e. The van der Waals surface area contributed by atoms with Crippen LogP contribution in [-0.4, -0.2) is 30.4 Å². The van der Waals surface area contributed by atoms with E-state index >= 15 is 0 Å². The standard InChI is InChI=1S/C23H26N2O4/c1-4-15(2)21(17-10-6-5-7-11-17)23(28)29-16(3)22(27)25-14-20(26)24-18-12-8-9-13-19(18)25/h5-13,15-16,21H,4,14H2,1-3H3,(H,24,26)/t15-,16-,21-/m0/s1. The second-order valence-corrected chi connectivity index (χ2v) is 7.34. The molecule has 0 aliphatic carbocycles. The molecular weight excluding hydrogens is 368 g/mol. The second-order valence-electron chi connectivity index (χ2n) is 7.34. The summed E-state index contributed by atoms with van der Waals surface area (Å²) in [5, 5.41) is 2.75. The van der Waals surface area contributed by atoms with E-state index in [2.05, 4.69) is 5.32 Å². The monoisotopic (exact) mass is 394 g/mol. The Balaban J connectivity index is 1.78. The summed E-state index contributed by atoms with van der Waals surface area (Å²) < 4.78 is 5.59. The van der Waals surface area contributed by atoms with E-state index in [1.165, 1.54) is 4.90 Å². The predicted octanol–water partition coefficient (Wildman–Crippen LogP) is 3.73. The predicted molar refractivity (Wildman–Crippen MR) is 112 cm³/mol. The fraction of sp³-hybridized carbons (Fsp3) is 0.348. The molecule has 2 aromatic rings. The molecule has 1 N–H and O–H groups in total. The van der Waals surface area contributed by atoms with Gasteiger partial charge in [-0.15, -0.1) is 0 Å². The maximum atomic E-state index is 13.0. The van der Waals surface area contributed by atoms with Gasteiger partial charge in [-0.1, -0.05) is 62.7 Å². The molecule has 0 saturated carbocycles. The smallest absolute Gasteiger partial charge is 0.314 e. The highest BCUT2D eigenvalue weighted by Gasteiger charge is 2.34. The maximum Gasteiger partial charge on any atom is 0.314 e. The minimum Gasteiger partial charge on any atom is -0.452 e. The van der Waals surface area contributed by atoms with Gasteiger partial charge in [0.2, 0.25) is 5.91 Å². The third-order valence-electron chi connectivity index (χ3n) is 5.30. The van der Waals surface area contributed by atoms with Gasteiger partial charge < -0.3 is 10.1 Å². The second kappa shape index (κ2) is 8.90. The van der Waals surface area contributed by atoms with Crippen LogP contribution in [0.5, 0.6) is 0 Å². The first-order valence-electron chi connectivity index (χ1n) is 9.88. The maximum absolute atomic E-state index is 13.0. The number of nitrogens with one attached hydrogen (secondary N) is 1. The lowest BCUT2D eigenvalue weighted by Crippen LogP contribution is -2.47. The van der Waals surface area contributed by atoms with Crippen LogP contribution >= 0.6 is 0 Å². The zero-order chi connectivity index (χ0) is 21.0. The van der Waals surface area contributed by atoms with Gasteiger partial charge in [0.25, 0.3) is 5.91 Å². The Hall–Kier alpha value is -3.15. The molecule has 3 rings (SSSR count). The number of benzene rings is 2. The highest BCUT2D eigenvalue weighted by atomic mass is 16.5. The number of para-hydroxylation sites is 2. The number of nitrogens with zero attached hydrogens (tertiary/aromatic N) is 1. The summed E-state index contributed by atoms with van der Waals surface area (Å²) in [5.41, 5.74) is 2.04. The van der Waals surface area contributed by atoms with Gasteiger partial charge in [-0.2, -0.15) is 0 Å². The zero-order valence-electron chi connectivity index (χ0n) is 16.9.